The van der Waals surface area contributed by atoms with Crippen LogP contribution in [0.1, 0.15) is 44.1 Å². The minimum Gasteiger partial charge on any atom is -0.341 e. The van der Waals surface area contributed by atoms with Gasteiger partial charge in [-0.25, -0.2) is 4.79 Å². The maximum atomic E-state index is 12.8. The fraction of sp³-hybridized carbons (Fsp3) is 0.571. The van der Waals surface area contributed by atoms with Gasteiger partial charge in [0.2, 0.25) is 11.8 Å². The van der Waals surface area contributed by atoms with Gasteiger partial charge in [0.05, 0.1) is 10.0 Å². The van der Waals surface area contributed by atoms with Gasteiger partial charge in [-0.05, 0) is 49.8 Å². The molecule has 3 heterocycles. The Bertz CT molecular complexity index is 857. The van der Waals surface area contributed by atoms with E-state index in [1.54, 1.807) is 21.9 Å². The lowest BCUT2D eigenvalue weighted by Gasteiger charge is -2.30. The number of rotatable bonds is 5. The van der Waals surface area contributed by atoms with Crippen LogP contribution in [0.4, 0.5) is 10.5 Å². The zero-order chi connectivity index (χ0) is 21.3. The van der Waals surface area contributed by atoms with Crippen molar-refractivity contribution in [2.24, 2.45) is 0 Å². The Morgan fingerprint density at radius 2 is 1.80 bits per heavy atom. The van der Waals surface area contributed by atoms with Gasteiger partial charge in [0.1, 0.15) is 6.04 Å². The molecule has 0 bridgehead atoms. The molecule has 3 aliphatic rings. The lowest BCUT2D eigenvalue weighted by atomic mass is 10.1. The highest BCUT2D eigenvalue weighted by molar-refractivity contribution is 6.42. The maximum Gasteiger partial charge on any atom is 0.322 e. The Hall–Kier alpha value is -1.99. The summed E-state index contributed by atoms with van der Waals surface area (Å²) in [6.45, 7) is 3.12. The number of carbonyl (C=O) groups is 3. The molecule has 1 aromatic carbocycles. The molecule has 162 valence electrons. The van der Waals surface area contributed by atoms with Crippen LogP contribution < -0.4 is 5.32 Å². The van der Waals surface area contributed by atoms with Crippen molar-refractivity contribution in [3.05, 3.63) is 27.7 Å². The van der Waals surface area contributed by atoms with E-state index in [0.29, 0.717) is 48.2 Å². The number of nitrogens with one attached hydrogen (secondary N) is 1. The quantitative estimate of drug-likeness (QED) is 0.739. The number of likely N-dealkylation sites (tertiary alicyclic amines) is 2. The van der Waals surface area contributed by atoms with Crippen molar-refractivity contribution in [1.82, 2.24) is 14.7 Å². The van der Waals surface area contributed by atoms with Gasteiger partial charge in [0.15, 0.2) is 0 Å². The van der Waals surface area contributed by atoms with Gasteiger partial charge in [-0.15, -0.1) is 0 Å². The van der Waals surface area contributed by atoms with Gasteiger partial charge in [0, 0.05) is 44.8 Å². The number of halogens is 2. The summed E-state index contributed by atoms with van der Waals surface area (Å²) in [4.78, 5) is 43.2. The number of amides is 4. The first kappa shape index (κ1) is 21.2. The van der Waals surface area contributed by atoms with E-state index < -0.39 is 0 Å². The van der Waals surface area contributed by atoms with Crippen LogP contribution in [0.3, 0.4) is 0 Å². The minimum atomic E-state index is -0.312. The third kappa shape index (κ3) is 4.37. The normalized spacial score (nSPS) is 21.1. The Morgan fingerprint density at radius 1 is 1.07 bits per heavy atom. The van der Waals surface area contributed by atoms with E-state index in [1.165, 1.54) is 0 Å². The molecule has 9 heteroatoms. The molecule has 0 saturated carbocycles. The van der Waals surface area contributed by atoms with E-state index in [2.05, 4.69) is 5.32 Å². The summed E-state index contributed by atoms with van der Waals surface area (Å²) in [5.41, 5.74) is 1.56. The second-order valence-corrected chi connectivity index (χ2v) is 8.97. The molecule has 2 saturated heterocycles. The topological polar surface area (TPSA) is 73.0 Å². The second kappa shape index (κ2) is 9.02. The third-order valence-electron chi connectivity index (χ3n) is 6.13. The van der Waals surface area contributed by atoms with E-state index >= 15 is 0 Å². The molecule has 0 aliphatic carbocycles. The van der Waals surface area contributed by atoms with Crippen LogP contribution in [0, 0.1) is 0 Å². The molecule has 1 atom stereocenters. The molecule has 0 radical (unpaired) electrons. The molecular weight excluding hydrogens is 427 g/mol. The number of nitrogens with zero attached hydrogens (tertiary/aromatic N) is 3. The lowest BCUT2D eigenvalue weighted by Crippen LogP contribution is -2.47. The first-order valence-electron chi connectivity index (χ1n) is 10.6. The number of urea groups is 1. The highest BCUT2D eigenvalue weighted by Gasteiger charge is 2.37. The Morgan fingerprint density at radius 3 is 2.57 bits per heavy atom. The summed E-state index contributed by atoms with van der Waals surface area (Å²) in [6.07, 6.45) is 4.57. The molecular formula is C21H26Cl2N4O3. The van der Waals surface area contributed by atoms with Crippen molar-refractivity contribution in [3.63, 3.8) is 0 Å². The van der Waals surface area contributed by atoms with Crippen LogP contribution in [0.15, 0.2) is 12.1 Å². The largest absolute Gasteiger partial charge is 0.341 e. The van der Waals surface area contributed by atoms with Gasteiger partial charge in [-0.1, -0.05) is 23.2 Å². The van der Waals surface area contributed by atoms with Gasteiger partial charge >= 0.3 is 6.03 Å². The predicted molar refractivity (Wildman–Crippen MR) is 116 cm³/mol. The van der Waals surface area contributed by atoms with Gasteiger partial charge in [0.25, 0.3) is 0 Å². The molecule has 7 nitrogen and oxygen atoms in total. The SMILES string of the molecule is O=C1Nc2cc(Cl)c(Cl)cc2CN1CCCC(=O)N1CCC[C@H]1C(=O)N1CCCC1. The first-order valence-corrected chi connectivity index (χ1v) is 11.3. The van der Waals surface area contributed by atoms with Gasteiger partial charge < -0.3 is 20.0 Å². The summed E-state index contributed by atoms with van der Waals surface area (Å²) >= 11 is 12.1. The summed E-state index contributed by atoms with van der Waals surface area (Å²) in [5, 5.41) is 3.67. The molecule has 30 heavy (non-hydrogen) atoms. The molecule has 4 amide bonds. The van der Waals surface area contributed by atoms with Gasteiger partial charge in [-0.2, -0.15) is 0 Å². The van der Waals surface area contributed by atoms with E-state index in [4.69, 9.17) is 23.2 Å². The number of hydrogen-bond acceptors (Lipinski definition) is 3. The fourth-order valence-corrected chi connectivity index (χ4v) is 4.87. The number of carbonyl (C=O) groups excluding carboxylic acids is 3. The molecule has 4 rings (SSSR count). The first-order chi connectivity index (χ1) is 14.4. The van der Waals surface area contributed by atoms with Crippen molar-refractivity contribution in [3.8, 4) is 0 Å². The van der Waals surface area contributed by atoms with Crippen molar-refractivity contribution < 1.29 is 14.4 Å². The molecule has 0 aromatic heterocycles. The number of benzene rings is 1. The van der Waals surface area contributed by atoms with Crippen LogP contribution in [0.25, 0.3) is 0 Å². The van der Waals surface area contributed by atoms with E-state index in [-0.39, 0.29) is 23.9 Å². The van der Waals surface area contributed by atoms with Crippen LogP contribution in [0.5, 0.6) is 0 Å². The smallest absolute Gasteiger partial charge is 0.322 e. The zero-order valence-corrected chi connectivity index (χ0v) is 18.3. The van der Waals surface area contributed by atoms with E-state index in [0.717, 1.165) is 44.3 Å². The van der Waals surface area contributed by atoms with Crippen LogP contribution >= 0.6 is 23.2 Å². The standard InChI is InChI=1S/C21H26Cl2N4O3/c22-15-11-14-13-26(21(30)24-17(14)12-16(15)23)9-4-6-19(28)27-10-3-5-18(27)20(29)25-7-1-2-8-25/h11-12,18H,1-10,13H2,(H,24,30)/t18-/m0/s1. The van der Waals surface area contributed by atoms with Gasteiger partial charge in [-0.3, -0.25) is 9.59 Å². The van der Waals surface area contributed by atoms with E-state index in [9.17, 15) is 14.4 Å². The molecule has 0 unspecified atom stereocenters. The zero-order valence-electron chi connectivity index (χ0n) is 16.8. The number of anilines is 1. The maximum absolute atomic E-state index is 12.8. The van der Waals surface area contributed by atoms with Crippen LogP contribution in [-0.2, 0) is 16.1 Å². The number of fused-ring (bicyclic) bond motifs is 1. The Balaban J connectivity index is 1.30. The molecule has 1 aromatic rings. The number of hydrogen-bond donors (Lipinski definition) is 1. The summed E-state index contributed by atoms with van der Waals surface area (Å²) in [6, 6.07) is 2.89. The second-order valence-electron chi connectivity index (χ2n) is 8.16. The van der Waals surface area contributed by atoms with Crippen molar-refractivity contribution in [2.45, 2.75) is 51.1 Å². The Labute approximate surface area is 186 Å². The summed E-state index contributed by atoms with van der Waals surface area (Å²) < 4.78 is 0. The van der Waals surface area contributed by atoms with Crippen LogP contribution in [0.2, 0.25) is 10.0 Å². The average Bonchev–Trinajstić information content (AvgIpc) is 3.41. The molecule has 2 fully saturated rings. The summed E-state index contributed by atoms with van der Waals surface area (Å²) in [5.74, 6) is 0.0959. The Kier molecular flexibility index (Phi) is 6.39. The van der Waals surface area contributed by atoms with Crippen molar-refractivity contribution in [2.75, 3.05) is 31.5 Å². The lowest BCUT2D eigenvalue weighted by molar-refractivity contribution is -0.143. The fourth-order valence-electron chi connectivity index (χ4n) is 4.52. The van der Waals surface area contributed by atoms with Crippen molar-refractivity contribution in [1.29, 1.82) is 0 Å². The third-order valence-corrected chi connectivity index (χ3v) is 6.85. The summed E-state index contributed by atoms with van der Waals surface area (Å²) in [7, 11) is 0. The highest BCUT2D eigenvalue weighted by atomic mass is 35.5. The average molecular weight is 453 g/mol. The van der Waals surface area contributed by atoms with Crippen LogP contribution in [-0.4, -0.2) is 64.8 Å². The molecule has 0 spiro atoms. The van der Waals surface area contributed by atoms with Crippen molar-refractivity contribution >= 4 is 46.7 Å². The minimum absolute atomic E-state index is 0.00214. The highest BCUT2D eigenvalue weighted by Crippen LogP contribution is 2.32. The molecule has 3 aliphatic heterocycles. The molecule has 1 N–H and O–H groups in total. The predicted octanol–water partition coefficient (Wildman–Crippen LogP) is 3.73. The monoisotopic (exact) mass is 452 g/mol. The van der Waals surface area contributed by atoms with E-state index in [1.807, 2.05) is 4.90 Å².